The summed E-state index contributed by atoms with van der Waals surface area (Å²) in [5, 5.41) is 0. The number of fused-ring (bicyclic) bond motifs is 14. The molecule has 0 unspecified atom stereocenters. The van der Waals surface area contributed by atoms with Crippen molar-refractivity contribution >= 4 is 23.1 Å². The lowest BCUT2D eigenvalue weighted by molar-refractivity contribution is 0.464. The Morgan fingerprint density at radius 2 is 0.913 bits per heavy atom. The van der Waals surface area contributed by atoms with Crippen LogP contribution < -0.4 is 25.9 Å². The molecule has 4 aliphatic rings. The summed E-state index contributed by atoms with van der Waals surface area (Å²) in [6.07, 6.45) is 0. The van der Waals surface area contributed by atoms with Gasteiger partial charge in [-0.3, -0.25) is 0 Å². The second-order valence-corrected chi connectivity index (χ2v) is 12.7. The molecule has 7 aromatic carbocycles. The summed E-state index contributed by atoms with van der Waals surface area (Å²) in [6.45, 7) is 0.0610. The van der Waals surface area contributed by atoms with E-state index in [-0.39, 0.29) is 12.1 Å². The fourth-order valence-corrected chi connectivity index (χ4v) is 8.93. The van der Waals surface area contributed by atoms with E-state index < -0.39 is 0 Å². The van der Waals surface area contributed by atoms with Gasteiger partial charge in [-0.15, -0.1) is 0 Å². The number of para-hydroxylation sites is 1. The molecular weight excluding hydrogens is 559 g/mol. The lowest BCUT2D eigenvalue weighted by Gasteiger charge is -2.33. The lowest BCUT2D eigenvalue weighted by atomic mass is 9.35. The summed E-state index contributed by atoms with van der Waals surface area (Å²) in [6, 6.07) is 55.1. The van der Waals surface area contributed by atoms with E-state index in [1.54, 1.807) is 0 Å². The highest BCUT2D eigenvalue weighted by atomic mass is 16.5. The van der Waals surface area contributed by atoms with Gasteiger partial charge in [-0.1, -0.05) is 127 Å². The molecule has 2 aliphatic heterocycles. The first-order valence-corrected chi connectivity index (χ1v) is 16.0. The van der Waals surface area contributed by atoms with Crippen LogP contribution in [0.2, 0.25) is 0 Å². The summed E-state index contributed by atoms with van der Waals surface area (Å²) in [4.78, 5) is 0. The third-order valence-corrected chi connectivity index (χ3v) is 10.6. The third kappa shape index (κ3) is 2.89. The smallest absolute Gasteiger partial charge is 0.260 e. The Bertz CT molecular complexity index is 2410. The van der Waals surface area contributed by atoms with Crippen LogP contribution in [0.1, 0.15) is 22.3 Å². The Balaban J connectivity index is 1.15. The molecule has 3 heteroatoms. The fourth-order valence-electron chi connectivity index (χ4n) is 8.93. The zero-order valence-corrected chi connectivity index (χ0v) is 24.8. The van der Waals surface area contributed by atoms with Crippen LogP contribution in [0, 0.1) is 0 Å². The molecule has 0 radical (unpaired) electrons. The summed E-state index contributed by atoms with van der Waals surface area (Å²) < 4.78 is 13.0. The molecular formula is C43H25BO2. The Morgan fingerprint density at radius 1 is 0.391 bits per heavy atom. The van der Waals surface area contributed by atoms with Crippen molar-refractivity contribution in [2.45, 2.75) is 5.41 Å². The van der Waals surface area contributed by atoms with Gasteiger partial charge in [-0.25, -0.2) is 0 Å². The van der Waals surface area contributed by atoms with Crippen molar-refractivity contribution < 1.29 is 9.47 Å². The van der Waals surface area contributed by atoms with E-state index in [2.05, 4.69) is 133 Å². The molecule has 212 valence electrons. The topological polar surface area (TPSA) is 18.5 Å². The van der Waals surface area contributed by atoms with E-state index in [1.807, 2.05) is 18.2 Å². The Morgan fingerprint density at radius 3 is 1.67 bits per heavy atom. The summed E-state index contributed by atoms with van der Waals surface area (Å²) >= 11 is 0. The molecule has 0 bridgehead atoms. The van der Waals surface area contributed by atoms with E-state index in [1.165, 1.54) is 61.0 Å². The molecule has 1 spiro atoms. The Labute approximate surface area is 267 Å². The molecule has 0 saturated heterocycles. The maximum atomic E-state index is 6.70. The summed E-state index contributed by atoms with van der Waals surface area (Å²) in [5.41, 5.74) is 16.1. The van der Waals surface area contributed by atoms with Crippen LogP contribution in [-0.2, 0) is 5.41 Å². The van der Waals surface area contributed by atoms with Gasteiger partial charge in [0.1, 0.15) is 23.0 Å². The second kappa shape index (κ2) is 8.68. The number of hydrogen-bond acceptors (Lipinski definition) is 2. The van der Waals surface area contributed by atoms with E-state index >= 15 is 0 Å². The number of hydrogen-bond donors (Lipinski definition) is 0. The highest BCUT2D eigenvalue weighted by Crippen LogP contribution is 2.63. The van der Waals surface area contributed by atoms with Gasteiger partial charge in [-0.2, -0.15) is 0 Å². The minimum Gasteiger partial charge on any atom is -0.458 e. The predicted molar refractivity (Wildman–Crippen MR) is 186 cm³/mol. The number of rotatable bonds is 1. The molecule has 0 fully saturated rings. The average Bonchev–Trinajstić information content (AvgIpc) is 3.59. The fraction of sp³-hybridized carbons (Fsp3) is 0.0233. The first-order valence-electron chi connectivity index (χ1n) is 16.0. The van der Waals surface area contributed by atoms with Gasteiger partial charge in [0.2, 0.25) is 0 Å². The quantitative estimate of drug-likeness (QED) is 0.180. The maximum absolute atomic E-state index is 6.70. The monoisotopic (exact) mass is 584 g/mol. The molecule has 7 aromatic rings. The molecule has 0 N–H and O–H groups in total. The van der Waals surface area contributed by atoms with Crippen LogP contribution in [-0.4, -0.2) is 6.71 Å². The molecule has 0 amide bonds. The van der Waals surface area contributed by atoms with Crippen molar-refractivity contribution in [1.29, 1.82) is 0 Å². The third-order valence-electron chi connectivity index (χ3n) is 10.6. The van der Waals surface area contributed by atoms with Gasteiger partial charge < -0.3 is 9.47 Å². The second-order valence-electron chi connectivity index (χ2n) is 12.7. The first kappa shape index (κ1) is 24.5. The van der Waals surface area contributed by atoms with E-state index in [9.17, 15) is 0 Å². The number of ether oxygens (including phenoxy) is 2. The van der Waals surface area contributed by atoms with Crippen molar-refractivity contribution in [2.75, 3.05) is 0 Å². The van der Waals surface area contributed by atoms with Crippen LogP contribution in [0.25, 0.3) is 33.4 Å². The average molecular weight is 584 g/mol. The normalized spacial score (nSPS) is 14.6. The van der Waals surface area contributed by atoms with E-state index in [4.69, 9.17) is 9.47 Å². The molecule has 0 saturated carbocycles. The number of benzene rings is 7. The summed E-state index contributed by atoms with van der Waals surface area (Å²) in [5.74, 6) is 3.55. The highest BCUT2D eigenvalue weighted by Gasteiger charge is 2.52. The van der Waals surface area contributed by atoms with Crippen LogP contribution >= 0.6 is 0 Å². The van der Waals surface area contributed by atoms with Crippen LogP contribution in [0.15, 0.2) is 152 Å². The van der Waals surface area contributed by atoms with E-state index in [0.717, 1.165) is 34.0 Å². The SMILES string of the molecule is c1ccc2c(c1)Oc1cccc3c1B2c1ccc(-c2cccc4c2-c2ccccc2C42c4ccccc4-c4ccccc42)cc1O3. The van der Waals surface area contributed by atoms with Gasteiger partial charge in [-0.05, 0) is 90.8 Å². The van der Waals surface area contributed by atoms with Gasteiger partial charge >= 0.3 is 0 Å². The van der Waals surface area contributed by atoms with Crippen molar-refractivity contribution in [3.63, 3.8) is 0 Å². The molecule has 11 rings (SSSR count). The molecule has 46 heavy (non-hydrogen) atoms. The van der Waals surface area contributed by atoms with Crippen LogP contribution in [0.5, 0.6) is 23.0 Å². The van der Waals surface area contributed by atoms with Crippen LogP contribution in [0.3, 0.4) is 0 Å². The maximum Gasteiger partial charge on any atom is 0.260 e. The zero-order chi connectivity index (χ0) is 30.0. The van der Waals surface area contributed by atoms with Gasteiger partial charge in [0.05, 0.1) is 5.41 Å². The standard InChI is InChI=1S/C43H25BO2/c1-4-15-31-28(11-1)29-12-2-5-16-32(29)43(31)33-17-6-3-13-30(33)41-27(14-9-18-34(41)43)26-23-24-36-40(25-26)46-39-22-10-21-38-42(39)44(36)35-19-7-8-20-37(35)45-38/h1-25H. The Kier molecular flexibility index (Phi) is 4.63. The van der Waals surface area contributed by atoms with E-state index in [0.29, 0.717) is 0 Å². The first-order chi connectivity index (χ1) is 22.8. The van der Waals surface area contributed by atoms with Gasteiger partial charge in [0, 0.05) is 5.46 Å². The van der Waals surface area contributed by atoms with Gasteiger partial charge in [0.15, 0.2) is 0 Å². The zero-order valence-electron chi connectivity index (χ0n) is 24.8. The molecule has 0 aromatic heterocycles. The van der Waals surface area contributed by atoms with Crippen LogP contribution in [0.4, 0.5) is 0 Å². The summed E-state index contributed by atoms with van der Waals surface area (Å²) in [7, 11) is 0. The van der Waals surface area contributed by atoms with Crippen molar-refractivity contribution in [2.24, 2.45) is 0 Å². The highest BCUT2D eigenvalue weighted by molar-refractivity contribution is 6.98. The minimum absolute atomic E-state index is 0.0610. The lowest BCUT2D eigenvalue weighted by Crippen LogP contribution is -2.57. The predicted octanol–water partition coefficient (Wildman–Crippen LogP) is 8.42. The van der Waals surface area contributed by atoms with Crippen molar-refractivity contribution in [3.05, 3.63) is 174 Å². The van der Waals surface area contributed by atoms with Gasteiger partial charge in [0.25, 0.3) is 6.71 Å². The molecule has 2 heterocycles. The molecule has 2 nitrogen and oxygen atoms in total. The molecule has 0 atom stereocenters. The largest absolute Gasteiger partial charge is 0.458 e. The minimum atomic E-state index is -0.360. The van der Waals surface area contributed by atoms with Crippen molar-refractivity contribution in [1.82, 2.24) is 0 Å². The molecule has 2 aliphatic carbocycles. The Hall–Kier alpha value is -5.80. The van der Waals surface area contributed by atoms with Crippen molar-refractivity contribution in [3.8, 4) is 56.4 Å².